The zero-order valence-electron chi connectivity index (χ0n) is 5.41. The van der Waals surface area contributed by atoms with Crippen LogP contribution in [0.15, 0.2) is 0 Å². The molecule has 5 heteroatoms. The van der Waals surface area contributed by atoms with Crippen molar-refractivity contribution in [3.8, 4) is 0 Å². The van der Waals surface area contributed by atoms with Crippen molar-refractivity contribution in [1.29, 1.82) is 0 Å². The molecular weight excluding hydrogens is 141 g/mol. The maximum Gasteiger partial charge on any atom is 0.132 e. The van der Waals surface area contributed by atoms with Crippen molar-refractivity contribution < 1.29 is 19.7 Å². The highest BCUT2D eigenvalue weighted by Crippen LogP contribution is 2.28. The van der Waals surface area contributed by atoms with E-state index in [2.05, 4.69) is 0 Å². The highest BCUT2D eigenvalue weighted by Gasteiger charge is 1.99. The SMILES string of the molecule is C[NH2+]CCCP(=O)([O-])O. The number of rotatable bonds is 4. The summed E-state index contributed by atoms with van der Waals surface area (Å²) in [6.07, 6.45) is 0.422. The summed E-state index contributed by atoms with van der Waals surface area (Å²) in [5, 5.41) is 1.87. The molecule has 0 fully saturated rings. The van der Waals surface area contributed by atoms with Crippen LogP contribution in [0.5, 0.6) is 0 Å². The van der Waals surface area contributed by atoms with Crippen LogP contribution in [-0.4, -0.2) is 24.6 Å². The van der Waals surface area contributed by atoms with E-state index in [0.717, 1.165) is 6.54 Å². The molecule has 0 saturated heterocycles. The molecule has 1 unspecified atom stereocenters. The van der Waals surface area contributed by atoms with Gasteiger partial charge < -0.3 is 19.7 Å². The van der Waals surface area contributed by atoms with E-state index in [1.807, 2.05) is 12.4 Å². The zero-order valence-corrected chi connectivity index (χ0v) is 6.30. The maximum atomic E-state index is 10.1. The second-order valence-corrected chi connectivity index (χ2v) is 3.63. The van der Waals surface area contributed by atoms with Gasteiger partial charge in [0.05, 0.1) is 13.6 Å². The molecule has 0 spiro atoms. The molecule has 0 rings (SSSR count). The minimum atomic E-state index is -3.97. The van der Waals surface area contributed by atoms with Crippen molar-refractivity contribution >= 4 is 7.60 Å². The van der Waals surface area contributed by atoms with Gasteiger partial charge in [0.1, 0.15) is 7.60 Å². The largest absolute Gasteiger partial charge is 0.779 e. The molecule has 3 N–H and O–H groups in total. The third kappa shape index (κ3) is 8.11. The van der Waals surface area contributed by atoms with Crippen LogP contribution in [0.4, 0.5) is 0 Å². The lowest BCUT2D eigenvalue weighted by Gasteiger charge is -2.13. The normalized spacial score (nSPS) is 17.2. The van der Waals surface area contributed by atoms with Crippen molar-refractivity contribution in [2.75, 3.05) is 19.8 Å². The van der Waals surface area contributed by atoms with Crippen LogP contribution < -0.4 is 10.2 Å². The Labute approximate surface area is 54.4 Å². The standard InChI is InChI=1S/C4H12NO3P/c1-5-3-2-4-9(6,7)8/h5H,2-4H2,1H3,(H2,6,7,8). The molecule has 0 aliphatic heterocycles. The fraction of sp³-hybridized carbons (Fsp3) is 1.00. The highest BCUT2D eigenvalue weighted by atomic mass is 31.2. The zero-order chi connectivity index (χ0) is 7.33. The van der Waals surface area contributed by atoms with Gasteiger partial charge in [-0.1, -0.05) is 0 Å². The Balaban J connectivity index is 3.18. The molecule has 4 nitrogen and oxygen atoms in total. The second-order valence-electron chi connectivity index (χ2n) is 1.91. The third-order valence-corrected chi connectivity index (χ3v) is 1.81. The summed E-state index contributed by atoms with van der Waals surface area (Å²) in [5.41, 5.74) is 0. The number of quaternary nitrogens is 1. The lowest BCUT2D eigenvalue weighted by atomic mass is 10.5. The van der Waals surface area contributed by atoms with Crippen molar-refractivity contribution in [3.63, 3.8) is 0 Å². The van der Waals surface area contributed by atoms with Crippen LogP contribution >= 0.6 is 7.60 Å². The van der Waals surface area contributed by atoms with E-state index in [1.165, 1.54) is 0 Å². The Bertz CT molecular complexity index is 110. The predicted molar refractivity (Wildman–Crippen MR) is 32.0 cm³/mol. The van der Waals surface area contributed by atoms with Gasteiger partial charge in [-0.05, 0) is 0 Å². The van der Waals surface area contributed by atoms with Gasteiger partial charge in [-0.2, -0.15) is 0 Å². The Morgan fingerprint density at radius 1 is 1.78 bits per heavy atom. The van der Waals surface area contributed by atoms with Gasteiger partial charge in [-0.25, -0.2) is 0 Å². The van der Waals surface area contributed by atoms with Crippen molar-refractivity contribution in [2.24, 2.45) is 0 Å². The molecule has 56 valence electrons. The third-order valence-electron chi connectivity index (χ3n) is 0.933. The first kappa shape index (κ1) is 9.11. The lowest BCUT2D eigenvalue weighted by molar-refractivity contribution is -0.626. The summed E-state index contributed by atoms with van der Waals surface area (Å²) in [5.74, 6) is 0. The molecule has 0 radical (unpaired) electrons. The average Bonchev–Trinajstić information content (AvgIpc) is 1.63. The molecule has 0 heterocycles. The van der Waals surface area contributed by atoms with E-state index in [0.29, 0.717) is 6.42 Å². The Hall–Kier alpha value is 0.110. The Morgan fingerprint density at radius 2 is 2.33 bits per heavy atom. The average molecular weight is 153 g/mol. The quantitative estimate of drug-likeness (QED) is 0.366. The first-order chi connectivity index (χ1) is 4.06. The molecule has 0 aromatic heterocycles. The van der Waals surface area contributed by atoms with Gasteiger partial charge in [-0.3, -0.25) is 0 Å². The number of nitrogens with two attached hydrogens (primary N) is 1. The van der Waals surface area contributed by atoms with Gasteiger partial charge >= 0.3 is 0 Å². The van der Waals surface area contributed by atoms with Crippen molar-refractivity contribution in [2.45, 2.75) is 6.42 Å². The topological polar surface area (TPSA) is 77.0 Å². The summed E-state index contributed by atoms with van der Waals surface area (Å²) in [6.45, 7) is 0.743. The molecule has 0 aromatic rings. The number of hydrogen-bond acceptors (Lipinski definition) is 2. The van der Waals surface area contributed by atoms with E-state index in [9.17, 15) is 9.46 Å². The monoisotopic (exact) mass is 153 g/mol. The van der Waals surface area contributed by atoms with E-state index >= 15 is 0 Å². The smallest absolute Gasteiger partial charge is 0.132 e. The number of hydrogen-bond donors (Lipinski definition) is 2. The summed E-state index contributed by atoms with van der Waals surface area (Å²) in [4.78, 5) is 18.3. The first-order valence-electron chi connectivity index (χ1n) is 2.87. The van der Waals surface area contributed by atoms with E-state index in [4.69, 9.17) is 4.89 Å². The summed E-state index contributed by atoms with van der Waals surface area (Å²) in [7, 11) is -2.11. The van der Waals surface area contributed by atoms with Crippen LogP contribution in [0.1, 0.15) is 6.42 Å². The second kappa shape index (κ2) is 4.01. The summed E-state index contributed by atoms with van der Waals surface area (Å²) < 4.78 is 10.1. The van der Waals surface area contributed by atoms with Crippen molar-refractivity contribution in [3.05, 3.63) is 0 Å². The lowest BCUT2D eigenvalue weighted by Crippen LogP contribution is -2.79. The molecule has 0 aliphatic rings. The molecule has 0 amide bonds. The van der Waals surface area contributed by atoms with Gasteiger partial charge in [0.25, 0.3) is 0 Å². The molecule has 9 heavy (non-hydrogen) atoms. The molecule has 0 bridgehead atoms. The van der Waals surface area contributed by atoms with E-state index < -0.39 is 7.60 Å². The maximum absolute atomic E-state index is 10.1. The molecular formula is C4H12NO3P. The van der Waals surface area contributed by atoms with Crippen LogP contribution in [0.2, 0.25) is 0 Å². The van der Waals surface area contributed by atoms with Crippen LogP contribution in [-0.2, 0) is 4.57 Å². The Kier molecular flexibility index (Phi) is 4.06. The van der Waals surface area contributed by atoms with Gasteiger partial charge in [0.15, 0.2) is 0 Å². The summed E-state index contributed by atoms with van der Waals surface area (Å²) in [6, 6.07) is 0. The van der Waals surface area contributed by atoms with Gasteiger partial charge in [0.2, 0.25) is 0 Å². The van der Waals surface area contributed by atoms with Gasteiger partial charge in [-0.15, -0.1) is 0 Å². The van der Waals surface area contributed by atoms with Crippen LogP contribution in [0.25, 0.3) is 0 Å². The fourth-order valence-electron chi connectivity index (χ4n) is 0.495. The molecule has 1 atom stereocenters. The highest BCUT2D eigenvalue weighted by molar-refractivity contribution is 7.50. The minimum Gasteiger partial charge on any atom is -0.779 e. The fourth-order valence-corrected chi connectivity index (χ4v) is 1.08. The van der Waals surface area contributed by atoms with E-state index in [-0.39, 0.29) is 6.16 Å². The first-order valence-corrected chi connectivity index (χ1v) is 4.63. The predicted octanol–water partition coefficient (Wildman–Crippen LogP) is -1.88. The molecule has 0 aliphatic carbocycles. The van der Waals surface area contributed by atoms with Gasteiger partial charge in [0, 0.05) is 12.6 Å². The Morgan fingerprint density at radius 3 is 2.67 bits per heavy atom. The molecule has 0 saturated carbocycles. The van der Waals surface area contributed by atoms with Crippen LogP contribution in [0, 0.1) is 0 Å². The summed E-state index contributed by atoms with van der Waals surface area (Å²) >= 11 is 0. The van der Waals surface area contributed by atoms with E-state index in [1.54, 1.807) is 0 Å². The van der Waals surface area contributed by atoms with Crippen LogP contribution in [0.3, 0.4) is 0 Å². The van der Waals surface area contributed by atoms with Crippen molar-refractivity contribution in [1.82, 2.24) is 0 Å². The minimum absolute atomic E-state index is 0.0999. The molecule has 0 aromatic carbocycles.